The lowest BCUT2D eigenvalue weighted by atomic mass is 10.2. The Morgan fingerprint density at radius 1 is 1.09 bits per heavy atom. The first-order valence-electron chi connectivity index (χ1n) is 7.23. The molecule has 0 aliphatic carbocycles. The summed E-state index contributed by atoms with van der Waals surface area (Å²) in [6.45, 7) is 1.37. The molecule has 0 unspecified atom stereocenters. The van der Waals surface area contributed by atoms with E-state index in [4.69, 9.17) is 0 Å². The van der Waals surface area contributed by atoms with Crippen LogP contribution < -0.4 is 5.32 Å². The first-order valence-corrected chi connectivity index (χ1v) is 7.23. The lowest BCUT2D eigenvalue weighted by Gasteiger charge is -2.06. The van der Waals surface area contributed by atoms with E-state index in [1.807, 2.05) is 40.9 Å². The fraction of sp³-hybridized carbons (Fsp3) is 0.133. The first kappa shape index (κ1) is 13.4. The molecule has 3 heterocycles. The summed E-state index contributed by atoms with van der Waals surface area (Å²) in [6.07, 6.45) is 6.80. The van der Waals surface area contributed by atoms with Crippen molar-refractivity contribution in [2.24, 2.45) is 0 Å². The van der Waals surface area contributed by atoms with Gasteiger partial charge in [-0.2, -0.15) is 5.10 Å². The second kappa shape index (κ2) is 5.84. The van der Waals surface area contributed by atoms with Gasteiger partial charge in [0.25, 0.3) is 0 Å². The molecule has 8 heteroatoms. The van der Waals surface area contributed by atoms with E-state index >= 15 is 0 Å². The summed E-state index contributed by atoms with van der Waals surface area (Å²) in [7, 11) is 0. The Labute approximate surface area is 131 Å². The van der Waals surface area contributed by atoms with E-state index < -0.39 is 0 Å². The van der Waals surface area contributed by atoms with Crippen LogP contribution in [0.1, 0.15) is 0 Å². The minimum Gasteiger partial charge on any atom is -0.365 e. The average Bonchev–Trinajstić information content (AvgIpc) is 3.25. The van der Waals surface area contributed by atoms with E-state index in [1.54, 1.807) is 17.2 Å². The van der Waals surface area contributed by atoms with E-state index in [0.717, 1.165) is 11.4 Å². The zero-order valence-corrected chi connectivity index (χ0v) is 12.2. The summed E-state index contributed by atoms with van der Waals surface area (Å²) in [5.74, 6) is 1.49. The molecule has 0 aliphatic heterocycles. The standard InChI is InChI=1S/C15H14N8/c1-2-4-12(5-3-1)14-20-21-15-13(18-7-9-23(14)15)17-6-8-22-11-16-10-19-22/h1-5,7,9-11H,6,8H2,(H,17,18). The third-order valence-electron chi connectivity index (χ3n) is 3.46. The number of benzene rings is 1. The van der Waals surface area contributed by atoms with Gasteiger partial charge < -0.3 is 5.32 Å². The summed E-state index contributed by atoms with van der Waals surface area (Å²) < 4.78 is 3.69. The van der Waals surface area contributed by atoms with Crippen LogP contribution in [0, 0.1) is 0 Å². The SMILES string of the molecule is c1ccc(-c2nnc3c(NCCn4cncn4)nccn23)cc1. The third kappa shape index (κ3) is 2.61. The van der Waals surface area contributed by atoms with Crippen LogP contribution in [0.4, 0.5) is 5.82 Å². The predicted octanol–water partition coefficient (Wildman–Crippen LogP) is 1.49. The van der Waals surface area contributed by atoms with E-state index in [9.17, 15) is 0 Å². The van der Waals surface area contributed by atoms with Crippen molar-refractivity contribution in [3.05, 3.63) is 55.4 Å². The van der Waals surface area contributed by atoms with Gasteiger partial charge >= 0.3 is 0 Å². The Hall–Kier alpha value is -3.29. The van der Waals surface area contributed by atoms with Gasteiger partial charge in [-0.15, -0.1) is 10.2 Å². The van der Waals surface area contributed by atoms with Crippen molar-refractivity contribution in [2.75, 3.05) is 11.9 Å². The number of rotatable bonds is 5. The molecule has 0 fully saturated rings. The van der Waals surface area contributed by atoms with Gasteiger partial charge in [0, 0.05) is 24.5 Å². The molecule has 0 atom stereocenters. The molecular formula is C15H14N8. The zero-order chi connectivity index (χ0) is 15.5. The summed E-state index contributed by atoms with van der Waals surface area (Å²) >= 11 is 0. The van der Waals surface area contributed by atoms with E-state index in [1.165, 1.54) is 6.33 Å². The summed E-state index contributed by atoms with van der Waals surface area (Å²) in [4.78, 5) is 8.27. The van der Waals surface area contributed by atoms with Gasteiger partial charge in [0.1, 0.15) is 12.7 Å². The number of aromatic nitrogens is 7. The fourth-order valence-corrected chi connectivity index (χ4v) is 2.37. The summed E-state index contributed by atoms with van der Waals surface area (Å²) in [6, 6.07) is 9.96. The van der Waals surface area contributed by atoms with Gasteiger partial charge in [0.2, 0.25) is 5.65 Å². The number of nitrogens with one attached hydrogen (secondary N) is 1. The highest BCUT2D eigenvalue weighted by atomic mass is 15.3. The molecule has 0 amide bonds. The highest BCUT2D eigenvalue weighted by Gasteiger charge is 2.11. The maximum atomic E-state index is 4.35. The van der Waals surface area contributed by atoms with Crippen LogP contribution in [0.15, 0.2) is 55.4 Å². The summed E-state index contributed by atoms with van der Waals surface area (Å²) in [5.41, 5.74) is 1.71. The molecule has 0 spiro atoms. The van der Waals surface area contributed by atoms with Gasteiger partial charge in [0.05, 0.1) is 6.54 Å². The van der Waals surface area contributed by atoms with Crippen LogP contribution in [0.25, 0.3) is 17.0 Å². The number of hydrogen-bond acceptors (Lipinski definition) is 6. The monoisotopic (exact) mass is 306 g/mol. The molecule has 0 saturated carbocycles. The minimum atomic E-state index is 0.670. The molecule has 0 aliphatic rings. The molecule has 23 heavy (non-hydrogen) atoms. The zero-order valence-electron chi connectivity index (χ0n) is 12.2. The van der Waals surface area contributed by atoms with E-state index in [-0.39, 0.29) is 0 Å². The topological polar surface area (TPSA) is 85.8 Å². The molecule has 0 radical (unpaired) electrons. The van der Waals surface area contributed by atoms with Gasteiger partial charge in [-0.05, 0) is 0 Å². The van der Waals surface area contributed by atoms with Crippen LogP contribution in [0.3, 0.4) is 0 Å². The van der Waals surface area contributed by atoms with Gasteiger partial charge in [-0.25, -0.2) is 9.97 Å². The molecule has 4 rings (SSSR count). The Morgan fingerprint density at radius 2 is 2.00 bits per heavy atom. The normalized spacial score (nSPS) is 11.0. The second-order valence-electron chi connectivity index (χ2n) is 4.94. The van der Waals surface area contributed by atoms with Gasteiger partial charge in [0.15, 0.2) is 11.6 Å². The molecule has 3 aromatic heterocycles. The Morgan fingerprint density at radius 3 is 2.83 bits per heavy atom. The van der Waals surface area contributed by atoms with Crippen molar-refractivity contribution in [1.82, 2.24) is 34.3 Å². The van der Waals surface area contributed by atoms with Crippen molar-refractivity contribution in [1.29, 1.82) is 0 Å². The number of anilines is 1. The van der Waals surface area contributed by atoms with Gasteiger partial charge in [-0.3, -0.25) is 9.08 Å². The number of hydrogen-bond donors (Lipinski definition) is 1. The maximum Gasteiger partial charge on any atom is 0.203 e. The molecular weight excluding hydrogens is 292 g/mol. The molecule has 1 aromatic carbocycles. The van der Waals surface area contributed by atoms with E-state index in [0.29, 0.717) is 24.6 Å². The second-order valence-corrected chi connectivity index (χ2v) is 4.94. The lowest BCUT2D eigenvalue weighted by molar-refractivity contribution is 0.635. The number of nitrogens with zero attached hydrogens (tertiary/aromatic N) is 7. The van der Waals surface area contributed by atoms with Crippen LogP contribution in [0.2, 0.25) is 0 Å². The van der Waals surface area contributed by atoms with Crippen LogP contribution >= 0.6 is 0 Å². The molecule has 0 bridgehead atoms. The highest BCUT2D eigenvalue weighted by molar-refractivity contribution is 5.67. The van der Waals surface area contributed by atoms with Gasteiger partial charge in [-0.1, -0.05) is 30.3 Å². The molecule has 1 N–H and O–H groups in total. The molecule has 8 nitrogen and oxygen atoms in total. The third-order valence-corrected chi connectivity index (χ3v) is 3.46. The van der Waals surface area contributed by atoms with E-state index in [2.05, 4.69) is 30.6 Å². The lowest BCUT2D eigenvalue weighted by Crippen LogP contribution is -2.12. The summed E-state index contributed by atoms with van der Waals surface area (Å²) in [5, 5.41) is 15.9. The van der Waals surface area contributed by atoms with Crippen molar-refractivity contribution in [2.45, 2.75) is 6.54 Å². The van der Waals surface area contributed by atoms with Crippen LogP contribution in [-0.4, -0.2) is 40.9 Å². The fourth-order valence-electron chi connectivity index (χ4n) is 2.37. The Balaban J connectivity index is 1.60. The largest absolute Gasteiger partial charge is 0.365 e. The van der Waals surface area contributed by atoms with Crippen molar-refractivity contribution in [3.8, 4) is 11.4 Å². The Bertz CT molecular complexity index is 898. The van der Waals surface area contributed by atoms with Crippen LogP contribution in [0.5, 0.6) is 0 Å². The molecule has 0 saturated heterocycles. The van der Waals surface area contributed by atoms with Crippen molar-refractivity contribution in [3.63, 3.8) is 0 Å². The highest BCUT2D eigenvalue weighted by Crippen LogP contribution is 2.20. The molecule has 4 aromatic rings. The average molecular weight is 306 g/mol. The minimum absolute atomic E-state index is 0.670. The first-order chi connectivity index (χ1) is 11.4. The maximum absolute atomic E-state index is 4.35. The smallest absolute Gasteiger partial charge is 0.203 e. The Kier molecular flexibility index (Phi) is 3.39. The van der Waals surface area contributed by atoms with Crippen molar-refractivity contribution < 1.29 is 0 Å². The quantitative estimate of drug-likeness (QED) is 0.601. The predicted molar refractivity (Wildman–Crippen MR) is 84.7 cm³/mol. The number of fused-ring (bicyclic) bond motifs is 1. The van der Waals surface area contributed by atoms with Crippen molar-refractivity contribution >= 4 is 11.5 Å². The molecule has 114 valence electrons. The van der Waals surface area contributed by atoms with Crippen LogP contribution in [-0.2, 0) is 6.54 Å².